The van der Waals surface area contributed by atoms with Crippen LogP contribution in [0, 0.1) is 0 Å². The predicted molar refractivity (Wildman–Crippen MR) is 79.3 cm³/mol. The highest BCUT2D eigenvalue weighted by atomic mass is 16.5. The Labute approximate surface area is 121 Å². The summed E-state index contributed by atoms with van der Waals surface area (Å²) >= 11 is 0. The Morgan fingerprint density at radius 3 is 2.80 bits per heavy atom. The lowest BCUT2D eigenvalue weighted by Crippen LogP contribution is -2.46. The van der Waals surface area contributed by atoms with Gasteiger partial charge in [0.05, 0.1) is 13.7 Å². The molecule has 0 aromatic heterocycles. The third-order valence-electron chi connectivity index (χ3n) is 3.99. The Balaban J connectivity index is 1.87. The molecule has 1 aliphatic rings. The number of hydrogen-bond donors (Lipinski definition) is 1. The second kappa shape index (κ2) is 7.07. The van der Waals surface area contributed by atoms with E-state index in [1.54, 1.807) is 14.2 Å². The summed E-state index contributed by atoms with van der Waals surface area (Å²) in [5.41, 5.74) is 1.07. The van der Waals surface area contributed by atoms with E-state index in [2.05, 4.69) is 18.3 Å². The van der Waals surface area contributed by atoms with Gasteiger partial charge in [-0.15, -0.1) is 0 Å². The third kappa shape index (κ3) is 3.72. The van der Waals surface area contributed by atoms with E-state index in [0.29, 0.717) is 12.6 Å². The average Bonchev–Trinajstić information content (AvgIpc) is 2.95. The van der Waals surface area contributed by atoms with Crippen molar-refractivity contribution in [3.8, 4) is 5.75 Å². The minimum absolute atomic E-state index is 0.158. The SMILES string of the molecule is COc1ccccc1CC(C)NCC1(OC)CCOC1. The van der Waals surface area contributed by atoms with Crippen LogP contribution in [0.3, 0.4) is 0 Å². The molecule has 1 heterocycles. The molecule has 0 bridgehead atoms. The summed E-state index contributed by atoms with van der Waals surface area (Å²) in [6, 6.07) is 8.52. The molecule has 1 aromatic carbocycles. The molecule has 0 saturated carbocycles. The lowest BCUT2D eigenvalue weighted by atomic mass is 10.0. The molecule has 1 fully saturated rings. The molecule has 0 amide bonds. The van der Waals surface area contributed by atoms with Gasteiger partial charge >= 0.3 is 0 Å². The molecule has 20 heavy (non-hydrogen) atoms. The molecule has 1 aromatic rings. The van der Waals surface area contributed by atoms with Crippen LogP contribution in [0.15, 0.2) is 24.3 Å². The van der Waals surface area contributed by atoms with Gasteiger partial charge in [0.15, 0.2) is 0 Å². The maximum atomic E-state index is 5.63. The van der Waals surface area contributed by atoms with E-state index < -0.39 is 0 Å². The number of benzene rings is 1. The minimum Gasteiger partial charge on any atom is -0.496 e. The predicted octanol–water partition coefficient (Wildman–Crippen LogP) is 2.02. The van der Waals surface area contributed by atoms with Gasteiger partial charge in [-0.3, -0.25) is 0 Å². The molecule has 4 nitrogen and oxygen atoms in total. The summed E-state index contributed by atoms with van der Waals surface area (Å²) in [5.74, 6) is 0.951. The maximum absolute atomic E-state index is 5.63. The standard InChI is InChI=1S/C16H25NO3/c1-13(10-14-6-4-5-7-15(14)18-2)17-11-16(19-3)8-9-20-12-16/h4-7,13,17H,8-12H2,1-3H3. The van der Waals surface area contributed by atoms with Crippen molar-refractivity contribution in [2.75, 3.05) is 34.0 Å². The molecule has 2 unspecified atom stereocenters. The van der Waals surface area contributed by atoms with Crippen molar-refractivity contribution in [2.24, 2.45) is 0 Å². The number of rotatable bonds is 7. The van der Waals surface area contributed by atoms with E-state index in [1.165, 1.54) is 5.56 Å². The second-order valence-corrected chi connectivity index (χ2v) is 5.49. The Kier molecular flexibility index (Phi) is 5.40. The van der Waals surface area contributed by atoms with Gasteiger partial charge in [-0.1, -0.05) is 18.2 Å². The van der Waals surface area contributed by atoms with E-state index in [-0.39, 0.29) is 5.60 Å². The Hall–Kier alpha value is -1.10. The fourth-order valence-electron chi connectivity index (χ4n) is 2.59. The van der Waals surface area contributed by atoms with Crippen molar-refractivity contribution < 1.29 is 14.2 Å². The second-order valence-electron chi connectivity index (χ2n) is 5.49. The van der Waals surface area contributed by atoms with Crippen LogP contribution in [0.4, 0.5) is 0 Å². The van der Waals surface area contributed by atoms with Crippen molar-refractivity contribution in [1.29, 1.82) is 0 Å². The third-order valence-corrected chi connectivity index (χ3v) is 3.99. The van der Waals surface area contributed by atoms with E-state index in [1.807, 2.05) is 18.2 Å². The molecule has 2 rings (SSSR count). The van der Waals surface area contributed by atoms with E-state index in [9.17, 15) is 0 Å². The molecule has 1 N–H and O–H groups in total. The highest BCUT2D eigenvalue weighted by molar-refractivity contribution is 5.33. The summed E-state index contributed by atoms with van der Waals surface area (Å²) in [6.45, 7) is 4.47. The van der Waals surface area contributed by atoms with Crippen molar-refractivity contribution in [3.05, 3.63) is 29.8 Å². The normalized spacial score (nSPS) is 23.8. The first-order valence-electron chi connectivity index (χ1n) is 7.17. The van der Waals surface area contributed by atoms with Crippen LogP contribution in [0.1, 0.15) is 18.9 Å². The van der Waals surface area contributed by atoms with Gasteiger partial charge in [-0.2, -0.15) is 0 Å². The van der Waals surface area contributed by atoms with Crippen LogP contribution in [0.2, 0.25) is 0 Å². The first-order chi connectivity index (χ1) is 9.69. The van der Waals surface area contributed by atoms with Crippen LogP contribution in [-0.4, -0.2) is 45.6 Å². The zero-order valence-corrected chi connectivity index (χ0v) is 12.6. The lowest BCUT2D eigenvalue weighted by Gasteiger charge is -2.28. The quantitative estimate of drug-likeness (QED) is 0.829. The zero-order valence-electron chi connectivity index (χ0n) is 12.6. The van der Waals surface area contributed by atoms with Crippen molar-refractivity contribution in [3.63, 3.8) is 0 Å². The van der Waals surface area contributed by atoms with Gasteiger partial charge in [-0.05, 0) is 25.0 Å². The summed E-state index contributed by atoms with van der Waals surface area (Å²) in [4.78, 5) is 0. The van der Waals surface area contributed by atoms with E-state index in [0.717, 1.165) is 31.7 Å². The summed E-state index contributed by atoms with van der Waals surface area (Å²) in [7, 11) is 3.48. The summed E-state index contributed by atoms with van der Waals surface area (Å²) in [5, 5.41) is 3.56. The molecule has 1 saturated heterocycles. The van der Waals surface area contributed by atoms with Crippen molar-refractivity contribution in [1.82, 2.24) is 5.32 Å². The molecule has 0 aliphatic carbocycles. The number of methoxy groups -OCH3 is 2. The summed E-state index contributed by atoms with van der Waals surface area (Å²) < 4.78 is 16.5. The average molecular weight is 279 g/mol. The van der Waals surface area contributed by atoms with Gasteiger partial charge in [0.2, 0.25) is 0 Å². The largest absolute Gasteiger partial charge is 0.496 e. The highest BCUT2D eigenvalue weighted by Gasteiger charge is 2.34. The first kappa shape index (κ1) is 15.3. The smallest absolute Gasteiger partial charge is 0.122 e. The number of hydrogen-bond acceptors (Lipinski definition) is 4. The van der Waals surface area contributed by atoms with Crippen LogP contribution >= 0.6 is 0 Å². The fraction of sp³-hybridized carbons (Fsp3) is 0.625. The molecule has 0 radical (unpaired) electrons. The van der Waals surface area contributed by atoms with Crippen LogP contribution in [-0.2, 0) is 15.9 Å². The lowest BCUT2D eigenvalue weighted by molar-refractivity contribution is -0.0171. The first-order valence-corrected chi connectivity index (χ1v) is 7.17. The van der Waals surface area contributed by atoms with E-state index in [4.69, 9.17) is 14.2 Å². The molecular weight excluding hydrogens is 254 g/mol. The molecular formula is C16H25NO3. The Bertz CT molecular complexity index is 416. The van der Waals surface area contributed by atoms with Crippen LogP contribution < -0.4 is 10.1 Å². The molecule has 1 aliphatic heterocycles. The van der Waals surface area contributed by atoms with Crippen molar-refractivity contribution >= 4 is 0 Å². The zero-order chi connectivity index (χ0) is 14.4. The monoisotopic (exact) mass is 279 g/mol. The van der Waals surface area contributed by atoms with E-state index >= 15 is 0 Å². The van der Waals surface area contributed by atoms with Crippen molar-refractivity contribution in [2.45, 2.75) is 31.4 Å². The molecule has 2 atom stereocenters. The number of para-hydroxylation sites is 1. The van der Waals surface area contributed by atoms with Gasteiger partial charge < -0.3 is 19.5 Å². The van der Waals surface area contributed by atoms with Gasteiger partial charge in [0, 0.05) is 32.7 Å². The Morgan fingerprint density at radius 1 is 1.35 bits per heavy atom. The maximum Gasteiger partial charge on any atom is 0.122 e. The minimum atomic E-state index is -0.158. The number of nitrogens with one attached hydrogen (secondary N) is 1. The number of ether oxygens (including phenoxy) is 3. The molecule has 112 valence electrons. The fourth-order valence-corrected chi connectivity index (χ4v) is 2.59. The molecule has 4 heteroatoms. The van der Waals surface area contributed by atoms with Gasteiger partial charge in [0.25, 0.3) is 0 Å². The summed E-state index contributed by atoms with van der Waals surface area (Å²) in [6.07, 6.45) is 1.89. The highest BCUT2D eigenvalue weighted by Crippen LogP contribution is 2.22. The van der Waals surface area contributed by atoms with Gasteiger partial charge in [0.1, 0.15) is 11.4 Å². The topological polar surface area (TPSA) is 39.7 Å². The van der Waals surface area contributed by atoms with Crippen LogP contribution in [0.5, 0.6) is 5.75 Å². The van der Waals surface area contributed by atoms with Crippen LogP contribution in [0.25, 0.3) is 0 Å². The Morgan fingerprint density at radius 2 is 2.15 bits per heavy atom. The van der Waals surface area contributed by atoms with Gasteiger partial charge in [-0.25, -0.2) is 0 Å². The molecule has 0 spiro atoms.